The lowest BCUT2D eigenvalue weighted by Crippen LogP contribution is -2.53. The molecule has 5 N–H and O–H groups in total. The molecule has 0 radical (unpaired) electrons. The molecule has 0 aromatic rings. The average molecular weight is 806 g/mol. The second-order valence-electron chi connectivity index (χ2n) is 17.5. The maximum atomic E-state index is 12.5. The van der Waals surface area contributed by atoms with Crippen LogP contribution >= 0.6 is 0 Å². The highest BCUT2D eigenvalue weighted by molar-refractivity contribution is 5.80. The van der Waals surface area contributed by atoms with Gasteiger partial charge in [0.05, 0.1) is 18.8 Å². The minimum Gasteiger partial charge on any atom is -0.394 e. The van der Waals surface area contributed by atoms with Crippen molar-refractivity contribution in [2.45, 2.75) is 289 Å². The molecule has 4 unspecified atom stereocenters. The minimum absolute atomic E-state index is 0.371. The highest BCUT2D eigenvalue weighted by atomic mass is 16.3. The molecule has 0 saturated heterocycles. The van der Waals surface area contributed by atoms with Gasteiger partial charge in [0, 0.05) is 0 Å². The molecule has 0 aromatic carbocycles. The molecule has 0 bridgehead atoms. The second kappa shape index (κ2) is 45.9. The summed E-state index contributed by atoms with van der Waals surface area (Å²) in [5.41, 5.74) is 0. The molecule has 1 amide bonds. The largest absolute Gasteiger partial charge is 0.394 e. The van der Waals surface area contributed by atoms with Gasteiger partial charge in [-0.05, 0) is 44.9 Å². The van der Waals surface area contributed by atoms with Gasteiger partial charge in [0.15, 0.2) is 0 Å². The van der Waals surface area contributed by atoms with Crippen molar-refractivity contribution in [2.24, 2.45) is 0 Å². The van der Waals surface area contributed by atoms with Gasteiger partial charge in [-0.3, -0.25) is 4.79 Å². The van der Waals surface area contributed by atoms with Crippen LogP contribution in [-0.4, -0.2) is 57.3 Å². The van der Waals surface area contributed by atoms with Crippen LogP contribution in [0.25, 0.3) is 0 Å². The Hall–Kier alpha value is -1.21. The van der Waals surface area contributed by atoms with Gasteiger partial charge in [-0.1, -0.05) is 244 Å². The second-order valence-corrected chi connectivity index (χ2v) is 17.5. The normalized spacial score (nSPS) is 14.1. The third-order valence-corrected chi connectivity index (χ3v) is 11.9. The van der Waals surface area contributed by atoms with E-state index in [9.17, 15) is 25.2 Å². The van der Waals surface area contributed by atoms with Crippen LogP contribution in [0.3, 0.4) is 0 Å². The van der Waals surface area contributed by atoms with Crippen molar-refractivity contribution in [1.82, 2.24) is 5.32 Å². The van der Waals surface area contributed by atoms with Crippen LogP contribution in [0.5, 0.6) is 0 Å². The summed E-state index contributed by atoms with van der Waals surface area (Å²) in [6.07, 6.45) is 54.0. The van der Waals surface area contributed by atoms with Crippen molar-refractivity contribution in [2.75, 3.05) is 6.61 Å². The maximum absolute atomic E-state index is 12.5. The van der Waals surface area contributed by atoms with Crippen molar-refractivity contribution in [1.29, 1.82) is 0 Å². The SMILES string of the molecule is CCCCCCCCCCC/C=C\C/C=C\CCCCCCCCCCCCCCCCCCC(O)C(=O)NC(CO)C(O)C(O)CCCCCCCCCCC. The minimum atomic E-state index is -1.25. The van der Waals surface area contributed by atoms with Crippen LogP contribution in [0.2, 0.25) is 0 Å². The molecule has 0 saturated carbocycles. The number of unbranched alkanes of at least 4 members (excludes halogenated alkanes) is 33. The van der Waals surface area contributed by atoms with Crippen molar-refractivity contribution in [3.05, 3.63) is 24.3 Å². The summed E-state index contributed by atoms with van der Waals surface area (Å²) >= 11 is 0. The van der Waals surface area contributed by atoms with Crippen molar-refractivity contribution in [3.63, 3.8) is 0 Å². The first-order chi connectivity index (χ1) is 28.0. The number of carbonyl (C=O) groups is 1. The number of rotatable bonds is 46. The van der Waals surface area contributed by atoms with Gasteiger partial charge in [0.25, 0.3) is 0 Å². The number of allylic oxidation sites excluding steroid dienone is 4. The molecule has 57 heavy (non-hydrogen) atoms. The Bertz CT molecular complexity index is 863. The van der Waals surface area contributed by atoms with E-state index in [0.717, 1.165) is 44.9 Å². The fourth-order valence-corrected chi connectivity index (χ4v) is 7.91. The molecule has 0 spiro atoms. The highest BCUT2D eigenvalue weighted by Gasteiger charge is 2.28. The van der Waals surface area contributed by atoms with Gasteiger partial charge in [-0.2, -0.15) is 0 Å². The number of aliphatic hydroxyl groups is 4. The molecule has 0 rings (SSSR count). The van der Waals surface area contributed by atoms with Crippen LogP contribution in [0.15, 0.2) is 24.3 Å². The summed E-state index contributed by atoms with van der Waals surface area (Å²) < 4.78 is 0. The fourth-order valence-electron chi connectivity index (χ4n) is 7.91. The number of hydrogen-bond acceptors (Lipinski definition) is 5. The highest BCUT2D eigenvalue weighted by Crippen LogP contribution is 2.17. The molecule has 338 valence electrons. The summed E-state index contributed by atoms with van der Waals surface area (Å²) in [6, 6.07) is -0.981. The number of carbonyl (C=O) groups excluding carboxylic acids is 1. The first kappa shape index (κ1) is 55.8. The molecular weight excluding hydrogens is 707 g/mol. The Morgan fingerprint density at radius 3 is 1.11 bits per heavy atom. The molecule has 6 nitrogen and oxygen atoms in total. The van der Waals surface area contributed by atoms with E-state index in [1.54, 1.807) is 0 Å². The summed E-state index contributed by atoms with van der Waals surface area (Å²) in [4.78, 5) is 12.5. The molecular formula is C51H99NO5. The average Bonchev–Trinajstić information content (AvgIpc) is 3.22. The third-order valence-electron chi connectivity index (χ3n) is 11.9. The smallest absolute Gasteiger partial charge is 0.249 e. The first-order valence-electron chi connectivity index (χ1n) is 25.2. The van der Waals surface area contributed by atoms with E-state index in [0.29, 0.717) is 12.8 Å². The van der Waals surface area contributed by atoms with Gasteiger partial charge in [0.1, 0.15) is 12.2 Å². The van der Waals surface area contributed by atoms with E-state index in [1.165, 1.54) is 193 Å². The van der Waals surface area contributed by atoms with Crippen LogP contribution in [0.1, 0.15) is 264 Å². The molecule has 4 atom stereocenters. The Morgan fingerprint density at radius 2 is 0.754 bits per heavy atom. The lowest BCUT2D eigenvalue weighted by atomic mass is 9.99. The number of nitrogens with one attached hydrogen (secondary N) is 1. The monoisotopic (exact) mass is 806 g/mol. The van der Waals surface area contributed by atoms with Gasteiger partial charge in [-0.25, -0.2) is 0 Å². The number of amides is 1. The molecule has 0 aromatic heterocycles. The van der Waals surface area contributed by atoms with Crippen LogP contribution in [0, 0.1) is 0 Å². The van der Waals surface area contributed by atoms with Crippen molar-refractivity contribution in [3.8, 4) is 0 Å². The zero-order valence-corrected chi connectivity index (χ0v) is 38.1. The van der Waals surface area contributed by atoms with Gasteiger partial charge >= 0.3 is 0 Å². The standard InChI is InChI=1S/C51H99NO5/c1-3-5-7-9-11-13-14-15-16-17-18-19-20-21-22-23-24-25-26-27-28-29-30-31-32-33-34-35-37-39-41-43-45-49(55)51(57)52-47(46-53)50(56)48(54)44-42-40-38-36-12-10-8-6-4-2/h18-19,21-22,47-50,53-56H,3-17,20,23-46H2,1-2H3,(H,52,57)/b19-18-,22-21-. The Kier molecular flexibility index (Phi) is 44.9. The summed E-state index contributed by atoms with van der Waals surface area (Å²) in [5, 5.41) is 43.6. The molecule has 0 heterocycles. The van der Waals surface area contributed by atoms with Crippen LogP contribution < -0.4 is 5.32 Å². The fraction of sp³-hybridized carbons (Fsp3) is 0.902. The number of aliphatic hydroxyl groups excluding tert-OH is 4. The predicted octanol–water partition coefficient (Wildman–Crippen LogP) is 13.9. The maximum Gasteiger partial charge on any atom is 0.249 e. The van der Waals surface area contributed by atoms with Gasteiger partial charge in [-0.15, -0.1) is 0 Å². The van der Waals surface area contributed by atoms with E-state index in [-0.39, 0.29) is 0 Å². The first-order valence-corrected chi connectivity index (χ1v) is 25.2. The summed E-state index contributed by atoms with van der Waals surface area (Å²) in [6.45, 7) is 4.03. The molecule has 0 aliphatic rings. The van der Waals surface area contributed by atoms with E-state index < -0.39 is 36.9 Å². The number of hydrogen-bond donors (Lipinski definition) is 5. The third kappa shape index (κ3) is 40.0. The summed E-state index contributed by atoms with van der Waals surface area (Å²) in [5.74, 6) is -0.583. The Balaban J connectivity index is 3.54. The van der Waals surface area contributed by atoms with Crippen molar-refractivity contribution >= 4 is 5.91 Å². The Labute approximate surface area is 354 Å². The predicted molar refractivity (Wildman–Crippen MR) is 247 cm³/mol. The lowest BCUT2D eigenvalue weighted by Gasteiger charge is -2.27. The molecule has 0 fully saturated rings. The quantitative estimate of drug-likeness (QED) is 0.0311. The lowest BCUT2D eigenvalue weighted by molar-refractivity contribution is -0.132. The van der Waals surface area contributed by atoms with Gasteiger partial charge in [0.2, 0.25) is 5.91 Å². The van der Waals surface area contributed by atoms with E-state index in [2.05, 4.69) is 43.5 Å². The molecule has 0 aliphatic carbocycles. The zero-order valence-electron chi connectivity index (χ0n) is 38.1. The van der Waals surface area contributed by atoms with E-state index >= 15 is 0 Å². The Morgan fingerprint density at radius 1 is 0.439 bits per heavy atom. The van der Waals surface area contributed by atoms with Gasteiger partial charge < -0.3 is 25.7 Å². The topological polar surface area (TPSA) is 110 Å². The molecule has 0 aliphatic heterocycles. The van der Waals surface area contributed by atoms with Crippen LogP contribution in [0.4, 0.5) is 0 Å². The van der Waals surface area contributed by atoms with E-state index in [4.69, 9.17) is 0 Å². The molecule has 6 heteroatoms. The van der Waals surface area contributed by atoms with E-state index in [1.807, 2.05) is 0 Å². The van der Waals surface area contributed by atoms with Crippen molar-refractivity contribution < 1.29 is 25.2 Å². The van der Waals surface area contributed by atoms with Crippen LogP contribution in [-0.2, 0) is 4.79 Å². The zero-order chi connectivity index (χ0) is 41.7. The summed E-state index contributed by atoms with van der Waals surface area (Å²) in [7, 11) is 0.